The molecule has 0 fully saturated rings. The molecule has 24 heavy (non-hydrogen) atoms. The van der Waals surface area contributed by atoms with E-state index in [2.05, 4.69) is 30.6 Å². The van der Waals surface area contributed by atoms with Crippen LogP contribution in [0.5, 0.6) is 0 Å². The third kappa shape index (κ3) is 4.51. The quantitative estimate of drug-likeness (QED) is 0.724. The lowest BCUT2D eigenvalue weighted by molar-refractivity contribution is -0.141. The highest BCUT2D eigenvalue weighted by molar-refractivity contribution is 5.78. The van der Waals surface area contributed by atoms with Crippen molar-refractivity contribution >= 4 is 17.8 Å². The number of pyridine rings is 1. The van der Waals surface area contributed by atoms with Gasteiger partial charge in [0.15, 0.2) is 5.82 Å². The van der Waals surface area contributed by atoms with Gasteiger partial charge in [0.2, 0.25) is 17.8 Å². The van der Waals surface area contributed by atoms with Crippen molar-refractivity contribution in [1.82, 2.24) is 19.9 Å². The minimum Gasteiger partial charge on any atom is -0.368 e. The molecule has 0 saturated carbocycles. The number of nitrogens with one attached hydrogen (secondary N) is 2. The van der Waals surface area contributed by atoms with Crippen molar-refractivity contribution in [3.63, 3.8) is 0 Å². The zero-order valence-electron chi connectivity index (χ0n) is 12.6. The van der Waals surface area contributed by atoms with Crippen molar-refractivity contribution in [3.05, 3.63) is 23.9 Å². The van der Waals surface area contributed by atoms with Gasteiger partial charge in [0, 0.05) is 6.54 Å². The number of carbonyl (C=O) groups excluding carboxylic acids is 1. The Morgan fingerprint density at radius 3 is 2.38 bits per heavy atom. The fourth-order valence-corrected chi connectivity index (χ4v) is 1.69. The third-order valence-electron chi connectivity index (χ3n) is 2.66. The van der Waals surface area contributed by atoms with Crippen LogP contribution in [-0.4, -0.2) is 38.9 Å². The molecule has 0 radical (unpaired) electrons. The Bertz CT molecular complexity index is 736. The first kappa shape index (κ1) is 17.4. The summed E-state index contributed by atoms with van der Waals surface area (Å²) in [6.45, 7) is 2.04. The van der Waals surface area contributed by atoms with Crippen LogP contribution in [-0.2, 0) is 11.0 Å². The van der Waals surface area contributed by atoms with Crippen LogP contribution in [0.3, 0.4) is 0 Å². The zero-order chi connectivity index (χ0) is 17.7. The van der Waals surface area contributed by atoms with Crippen LogP contribution < -0.4 is 16.4 Å². The Morgan fingerprint density at radius 2 is 1.79 bits per heavy atom. The van der Waals surface area contributed by atoms with Crippen LogP contribution >= 0.6 is 0 Å². The van der Waals surface area contributed by atoms with E-state index in [4.69, 9.17) is 5.73 Å². The first-order valence-electron chi connectivity index (χ1n) is 6.86. The van der Waals surface area contributed by atoms with Crippen LogP contribution in [0.25, 0.3) is 11.5 Å². The van der Waals surface area contributed by atoms with Gasteiger partial charge >= 0.3 is 6.18 Å². The Balaban J connectivity index is 2.42. The first-order chi connectivity index (χ1) is 11.3. The number of carbonyl (C=O) groups is 1. The Morgan fingerprint density at radius 1 is 1.12 bits per heavy atom. The summed E-state index contributed by atoms with van der Waals surface area (Å²) < 4.78 is 38.3. The molecule has 8 nitrogen and oxygen atoms in total. The van der Waals surface area contributed by atoms with Crippen molar-refractivity contribution in [2.75, 3.05) is 23.7 Å². The van der Waals surface area contributed by atoms with Gasteiger partial charge < -0.3 is 16.4 Å². The maximum absolute atomic E-state index is 12.8. The molecule has 11 heteroatoms. The average Bonchev–Trinajstić information content (AvgIpc) is 2.52. The summed E-state index contributed by atoms with van der Waals surface area (Å²) >= 11 is 0. The highest BCUT2D eigenvalue weighted by atomic mass is 19.4. The SMILES string of the molecule is CCNc1nc(NCC(N)=O)nc(-c2cccc(C(F)(F)F)n2)n1. The van der Waals surface area contributed by atoms with Gasteiger partial charge in [-0.3, -0.25) is 4.79 Å². The molecular formula is C13H14F3N7O. The van der Waals surface area contributed by atoms with E-state index in [-0.39, 0.29) is 30.0 Å². The zero-order valence-corrected chi connectivity index (χ0v) is 12.6. The fraction of sp³-hybridized carbons (Fsp3) is 0.308. The molecule has 1 amide bonds. The maximum atomic E-state index is 12.8. The summed E-state index contributed by atoms with van der Waals surface area (Å²) in [5.74, 6) is -0.583. The van der Waals surface area contributed by atoms with E-state index >= 15 is 0 Å². The maximum Gasteiger partial charge on any atom is 0.433 e. The number of amides is 1. The van der Waals surface area contributed by atoms with E-state index in [1.54, 1.807) is 6.92 Å². The lowest BCUT2D eigenvalue weighted by atomic mass is 10.3. The summed E-state index contributed by atoms with van der Waals surface area (Å²) in [6, 6.07) is 3.40. The van der Waals surface area contributed by atoms with E-state index < -0.39 is 17.8 Å². The Hall–Kier alpha value is -2.98. The van der Waals surface area contributed by atoms with Crippen molar-refractivity contribution in [1.29, 1.82) is 0 Å². The van der Waals surface area contributed by atoms with E-state index in [1.807, 2.05) is 0 Å². The average molecular weight is 341 g/mol. The van der Waals surface area contributed by atoms with E-state index in [0.717, 1.165) is 6.07 Å². The summed E-state index contributed by atoms with van der Waals surface area (Å²) in [5.41, 5.74) is 3.89. The molecule has 4 N–H and O–H groups in total. The summed E-state index contributed by atoms with van der Waals surface area (Å²) in [5, 5.41) is 5.39. The molecule has 0 aliphatic rings. The second-order valence-electron chi connectivity index (χ2n) is 4.56. The molecular weight excluding hydrogens is 327 g/mol. The number of alkyl halides is 3. The molecule has 2 aromatic heterocycles. The number of halogens is 3. The molecule has 0 spiro atoms. The molecule has 2 heterocycles. The van der Waals surface area contributed by atoms with Gasteiger partial charge in [-0.15, -0.1) is 0 Å². The largest absolute Gasteiger partial charge is 0.433 e. The number of nitrogens with zero attached hydrogens (tertiary/aromatic N) is 4. The fourth-order valence-electron chi connectivity index (χ4n) is 1.69. The lowest BCUT2D eigenvalue weighted by Crippen LogP contribution is -2.23. The molecule has 0 unspecified atom stereocenters. The van der Waals surface area contributed by atoms with Crippen molar-refractivity contribution in [2.45, 2.75) is 13.1 Å². The lowest BCUT2D eigenvalue weighted by Gasteiger charge is -2.10. The molecule has 0 atom stereocenters. The molecule has 2 aromatic rings. The normalized spacial score (nSPS) is 11.2. The predicted molar refractivity (Wildman–Crippen MR) is 79.9 cm³/mol. The van der Waals surface area contributed by atoms with Crippen LogP contribution in [0, 0.1) is 0 Å². The predicted octanol–water partition coefficient (Wildman–Crippen LogP) is 1.28. The molecule has 0 aromatic carbocycles. The summed E-state index contributed by atoms with van der Waals surface area (Å²) in [4.78, 5) is 26.3. The van der Waals surface area contributed by atoms with Crippen molar-refractivity contribution < 1.29 is 18.0 Å². The number of hydrogen-bond acceptors (Lipinski definition) is 7. The van der Waals surface area contributed by atoms with Crippen LogP contribution in [0.15, 0.2) is 18.2 Å². The minimum absolute atomic E-state index is 0.00559. The Labute approximate surface area is 134 Å². The van der Waals surface area contributed by atoms with Gasteiger partial charge in [0.1, 0.15) is 11.4 Å². The summed E-state index contributed by atoms with van der Waals surface area (Å²) in [7, 11) is 0. The van der Waals surface area contributed by atoms with E-state index in [9.17, 15) is 18.0 Å². The van der Waals surface area contributed by atoms with Crippen LogP contribution in [0.4, 0.5) is 25.1 Å². The standard InChI is InChI=1S/C13H14F3N7O/c1-2-18-11-21-10(22-12(23-11)19-6-9(17)24)7-4-3-5-8(20-7)13(14,15)16/h3-5H,2,6H2,1H3,(H2,17,24)(H2,18,19,21,22,23). The highest BCUT2D eigenvalue weighted by Gasteiger charge is 2.32. The number of nitrogens with two attached hydrogens (primary N) is 1. The second-order valence-corrected chi connectivity index (χ2v) is 4.56. The van der Waals surface area contributed by atoms with Crippen molar-refractivity contribution in [3.8, 4) is 11.5 Å². The van der Waals surface area contributed by atoms with Gasteiger partial charge in [-0.25, -0.2) is 4.98 Å². The topological polar surface area (TPSA) is 119 Å². The van der Waals surface area contributed by atoms with Gasteiger partial charge in [-0.1, -0.05) is 6.07 Å². The summed E-state index contributed by atoms with van der Waals surface area (Å²) in [6.07, 6.45) is -4.58. The number of hydrogen-bond donors (Lipinski definition) is 3. The molecule has 0 saturated heterocycles. The molecule has 128 valence electrons. The van der Waals surface area contributed by atoms with Gasteiger partial charge in [0.25, 0.3) is 0 Å². The molecule has 2 rings (SSSR count). The van der Waals surface area contributed by atoms with E-state index in [1.165, 1.54) is 12.1 Å². The molecule has 0 aliphatic heterocycles. The van der Waals surface area contributed by atoms with Crippen LogP contribution in [0.2, 0.25) is 0 Å². The van der Waals surface area contributed by atoms with Gasteiger partial charge in [-0.05, 0) is 19.1 Å². The van der Waals surface area contributed by atoms with Crippen LogP contribution in [0.1, 0.15) is 12.6 Å². The first-order valence-corrected chi connectivity index (χ1v) is 6.86. The number of rotatable bonds is 6. The monoisotopic (exact) mass is 341 g/mol. The number of anilines is 2. The van der Waals surface area contributed by atoms with Gasteiger partial charge in [-0.2, -0.15) is 28.1 Å². The van der Waals surface area contributed by atoms with Gasteiger partial charge in [0.05, 0.1) is 6.54 Å². The Kier molecular flexibility index (Phi) is 5.11. The van der Waals surface area contributed by atoms with E-state index in [0.29, 0.717) is 6.54 Å². The minimum atomic E-state index is -4.58. The second kappa shape index (κ2) is 7.06. The smallest absolute Gasteiger partial charge is 0.368 e. The molecule has 0 aliphatic carbocycles. The number of aromatic nitrogens is 4. The highest BCUT2D eigenvalue weighted by Crippen LogP contribution is 2.29. The number of primary amides is 1. The molecule has 0 bridgehead atoms. The third-order valence-corrected chi connectivity index (χ3v) is 2.66. The van der Waals surface area contributed by atoms with Crippen molar-refractivity contribution in [2.24, 2.45) is 5.73 Å².